The lowest BCUT2D eigenvalue weighted by atomic mass is 9.91. The van der Waals surface area contributed by atoms with Crippen LogP contribution >= 0.6 is 0 Å². The third-order valence-corrected chi connectivity index (χ3v) is 6.02. The number of nitrogens with zero attached hydrogens (tertiary/aromatic N) is 1. The first kappa shape index (κ1) is 19.5. The van der Waals surface area contributed by atoms with Crippen molar-refractivity contribution in [3.8, 4) is 11.1 Å². The van der Waals surface area contributed by atoms with Gasteiger partial charge in [-0.15, -0.1) is 0 Å². The highest BCUT2D eigenvalue weighted by molar-refractivity contribution is 5.79. The number of hydrogen-bond donors (Lipinski definition) is 1. The van der Waals surface area contributed by atoms with Crippen molar-refractivity contribution in [1.82, 2.24) is 4.90 Å². The van der Waals surface area contributed by atoms with Crippen molar-refractivity contribution in [2.75, 3.05) is 26.8 Å². The van der Waals surface area contributed by atoms with Crippen molar-refractivity contribution in [3.05, 3.63) is 59.7 Å². The molecule has 29 heavy (non-hydrogen) atoms. The maximum Gasteiger partial charge on any atom is 0.409 e. The number of ether oxygens (including phenoxy) is 2. The molecule has 0 spiro atoms. The number of aliphatic hydroxyl groups is 1. The molecule has 1 aliphatic carbocycles. The van der Waals surface area contributed by atoms with Crippen LogP contribution in [0.1, 0.15) is 29.9 Å². The molecule has 1 unspecified atom stereocenters. The van der Waals surface area contributed by atoms with Crippen LogP contribution in [0.4, 0.5) is 4.79 Å². The summed E-state index contributed by atoms with van der Waals surface area (Å²) in [5.41, 5.74) is 4.76. The van der Waals surface area contributed by atoms with Gasteiger partial charge in [-0.3, -0.25) is 0 Å². The molecular formula is C23H25NO5. The van der Waals surface area contributed by atoms with Crippen LogP contribution in [-0.2, 0) is 14.3 Å². The van der Waals surface area contributed by atoms with E-state index in [1.807, 2.05) is 24.3 Å². The average molecular weight is 395 g/mol. The number of methoxy groups -OCH3 is 1. The van der Waals surface area contributed by atoms with Crippen LogP contribution in [0, 0.1) is 5.92 Å². The van der Waals surface area contributed by atoms with Gasteiger partial charge >= 0.3 is 12.1 Å². The molecule has 6 nitrogen and oxygen atoms in total. The smallest absolute Gasteiger partial charge is 0.409 e. The fourth-order valence-corrected chi connectivity index (χ4v) is 4.40. The molecule has 1 N–H and O–H groups in total. The Morgan fingerprint density at radius 2 is 1.59 bits per heavy atom. The fraction of sp³-hybridized carbons (Fsp3) is 0.391. The molecule has 0 bridgehead atoms. The van der Waals surface area contributed by atoms with E-state index < -0.39 is 12.1 Å². The average Bonchev–Trinajstić information content (AvgIpc) is 3.10. The highest BCUT2D eigenvalue weighted by atomic mass is 16.6. The van der Waals surface area contributed by atoms with Crippen LogP contribution in [0.15, 0.2) is 48.5 Å². The zero-order valence-corrected chi connectivity index (χ0v) is 16.4. The summed E-state index contributed by atoms with van der Waals surface area (Å²) in [4.78, 5) is 25.7. The molecule has 4 rings (SSSR count). The Morgan fingerprint density at radius 1 is 1.03 bits per heavy atom. The van der Waals surface area contributed by atoms with Gasteiger partial charge < -0.3 is 19.5 Å². The van der Waals surface area contributed by atoms with Gasteiger partial charge in [0.15, 0.2) is 6.10 Å². The van der Waals surface area contributed by atoms with Crippen molar-refractivity contribution >= 4 is 12.1 Å². The second-order valence-electron chi connectivity index (χ2n) is 7.60. The molecule has 0 aromatic heterocycles. The first-order valence-corrected chi connectivity index (χ1v) is 9.96. The van der Waals surface area contributed by atoms with E-state index in [4.69, 9.17) is 4.74 Å². The summed E-state index contributed by atoms with van der Waals surface area (Å²) in [5.74, 6) is -0.783. The van der Waals surface area contributed by atoms with Crippen LogP contribution in [-0.4, -0.2) is 55.0 Å². The number of esters is 1. The number of hydrogen-bond acceptors (Lipinski definition) is 5. The second-order valence-corrected chi connectivity index (χ2v) is 7.60. The van der Waals surface area contributed by atoms with Crippen molar-refractivity contribution < 1.29 is 24.2 Å². The largest absolute Gasteiger partial charge is 0.467 e. The predicted octanol–water partition coefficient (Wildman–Crippen LogP) is 3.18. The van der Waals surface area contributed by atoms with Crippen LogP contribution in [0.25, 0.3) is 11.1 Å². The monoisotopic (exact) mass is 395 g/mol. The van der Waals surface area contributed by atoms with Gasteiger partial charge in [0.1, 0.15) is 6.61 Å². The normalized spacial score (nSPS) is 17.4. The van der Waals surface area contributed by atoms with Crippen LogP contribution in [0.5, 0.6) is 0 Å². The minimum atomic E-state index is -1.13. The van der Waals surface area contributed by atoms with Crippen molar-refractivity contribution in [2.45, 2.75) is 24.9 Å². The highest BCUT2D eigenvalue weighted by Gasteiger charge is 2.33. The maximum absolute atomic E-state index is 12.6. The Bertz CT molecular complexity index is 858. The topological polar surface area (TPSA) is 76.1 Å². The van der Waals surface area contributed by atoms with Gasteiger partial charge in [0, 0.05) is 19.0 Å². The molecule has 0 radical (unpaired) electrons. The molecule has 1 heterocycles. The third-order valence-electron chi connectivity index (χ3n) is 6.02. The molecule has 1 aliphatic heterocycles. The number of benzene rings is 2. The lowest BCUT2D eigenvalue weighted by Crippen LogP contribution is -2.43. The zero-order valence-electron chi connectivity index (χ0n) is 16.4. The molecule has 2 aromatic carbocycles. The Morgan fingerprint density at radius 3 is 2.14 bits per heavy atom. The molecular weight excluding hydrogens is 370 g/mol. The third kappa shape index (κ3) is 3.72. The number of aliphatic hydroxyl groups excluding tert-OH is 1. The van der Waals surface area contributed by atoms with Crippen molar-refractivity contribution in [3.63, 3.8) is 0 Å². The van der Waals surface area contributed by atoms with Gasteiger partial charge in [-0.1, -0.05) is 48.5 Å². The number of likely N-dealkylation sites (tertiary alicyclic amines) is 1. The number of piperidine rings is 1. The van der Waals surface area contributed by atoms with Gasteiger partial charge in [-0.05, 0) is 41.0 Å². The number of carbonyl (C=O) groups excluding carboxylic acids is 2. The molecule has 2 aromatic rings. The van der Waals surface area contributed by atoms with Gasteiger partial charge in [0.2, 0.25) is 0 Å². The second kappa shape index (κ2) is 8.25. The quantitative estimate of drug-likeness (QED) is 0.805. The van der Waals surface area contributed by atoms with E-state index in [2.05, 4.69) is 29.0 Å². The van der Waals surface area contributed by atoms with Crippen molar-refractivity contribution in [2.24, 2.45) is 5.92 Å². The van der Waals surface area contributed by atoms with Crippen LogP contribution in [0.2, 0.25) is 0 Å². The number of fused-ring (bicyclic) bond motifs is 3. The number of amides is 1. The molecule has 152 valence electrons. The first-order valence-electron chi connectivity index (χ1n) is 9.96. The van der Waals surface area contributed by atoms with E-state index in [1.165, 1.54) is 29.4 Å². The molecule has 1 fully saturated rings. The number of rotatable bonds is 4. The SMILES string of the molecule is COC(=O)C(O)C1CCN(C(=O)OCC2c3ccccc3-c3ccccc32)CC1. The Labute approximate surface area is 170 Å². The van der Waals surface area contributed by atoms with Gasteiger partial charge in [-0.2, -0.15) is 0 Å². The zero-order chi connectivity index (χ0) is 20.4. The number of carbonyl (C=O) groups is 2. The Hall–Kier alpha value is -2.86. The minimum Gasteiger partial charge on any atom is -0.467 e. The molecule has 1 amide bonds. The Kier molecular flexibility index (Phi) is 5.53. The van der Waals surface area contributed by atoms with Crippen LogP contribution in [0.3, 0.4) is 0 Å². The van der Waals surface area contributed by atoms with E-state index in [9.17, 15) is 14.7 Å². The highest BCUT2D eigenvalue weighted by Crippen LogP contribution is 2.44. The van der Waals surface area contributed by atoms with Crippen LogP contribution < -0.4 is 0 Å². The molecule has 6 heteroatoms. The molecule has 2 aliphatic rings. The van der Waals surface area contributed by atoms with Crippen molar-refractivity contribution in [1.29, 1.82) is 0 Å². The van der Waals surface area contributed by atoms with E-state index in [0.29, 0.717) is 25.9 Å². The summed E-state index contributed by atoms with van der Waals surface area (Å²) in [6, 6.07) is 16.5. The summed E-state index contributed by atoms with van der Waals surface area (Å²) >= 11 is 0. The van der Waals surface area contributed by atoms with E-state index in [0.717, 1.165) is 0 Å². The lowest BCUT2D eigenvalue weighted by Gasteiger charge is -2.33. The Balaban J connectivity index is 1.37. The predicted molar refractivity (Wildman–Crippen MR) is 107 cm³/mol. The standard InChI is InChI=1S/C23H25NO5/c1-28-22(26)21(25)15-10-12-24(13-11-15)23(27)29-14-20-18-8-4-2-6-16(18)17-7-3-5-9-19(17)20/h2-9,15,20-21,25H,10-14H2,1H3. The first-order chi connectivity index (χ1) is 14.1. The summed E-state index contributed by atoms with van der Waals surface area (Å²) in [7, 11) is 1.26. The van der Waals surface area contributed by atoms with E-state index >= 15 is 0 Å². The molecule has 1 atom stereocenters. The molecule has 1 saturated heterocycles. The van der Waals surface area contributed by atoms with Gasteiger partial charge in [0.05, 0.1) is 7.11 Å². The minimum absolute atomic E-state index is 0.0324. The summed E-state index contributed by atoms with van der Waals surface area (Å²) in [6.45, 7) is 1.20. The van der Waals surface area contributed by atoms with Gasteiger partial charge in [-0.25, -0.2) is 9.59 Å². The van der Waals surface area contributed by atoms with Gasteiger partial charge in [0.25, 0.3) is 0 Å². The lowest BCUT2D eigenvalue weighted by molar-refractivity contribution is -0.154. The summed E-state index contributed by atoms with van der Waals surface area (Å²) < 4.78 is 10.3. The maximum atomic E-state index is 12.6. The molecule has 0 saturated carbocycles. The summed E-state index contributed by atoms with van der Waals surface area (Å²) in [5, 5.41) is 9.99. The van der Waals surface area contributed by atoms with E-state index in [-0.39, 0.29) is 24.5 Å². The summed E-state index contributed by atoms with van der Waals surface area (Å²) in [6.07, 6.45) is -0.400. The fourth-order valence-electron chi connectivity index (χ4n) is 4.40. The van der Waals surface area contributed by atoms with E-state index in [1.54, 1.807) is 4.90 Å².